The van der Waals surface area contributed by atoms with Crippen LogP contribution >= 0.6 is 0 Å². The molecule has 3 nitrogen and oxygen atoms in total. The molecule has 0 fully saturated rings. The minimum Gasteiger partial charge on any atom is -0.465 e. The minimum absolute atomic E-state index is 0.0251. The number of nitrogens with one attached hydrogen (secondary N) is 1. The van der Waals surface area contributed by atoms with E-state index in [9.17, 15) is 18.0 Å². The molecule has 0 saturated heterocycles. The number of carbonyl (C=O) groups excluding carboxylic acids is 1. The van der Waals surface area contributed by atoms with Gasteiger partial charge in [0.05, 0.1) is 18.2 Å². The van der Waals surface area contributed by atoms with Gasteiger partial charge in [0.1, 0.15) is 0 Å². The van der Waals surface area contributed by atoms with E-state index in [-0.39, 0.29) is 5.39 Å². The van der Waals surface area contributed by atoms with Crippen molar-refractivity contribution in [2.75, 3.05) is 7.11 Å². The number of esters is 1. The molecule has 1 N–H and O–H groups in total. The monoisotopic (exact) mass is 257 g/mol. The van der Waals surface area contributed by atoms with Crippen molar-refractivity contribution < 1.29 is 22.7 Å². The highest BCUT2D eigenvalue weighted by molar-refractivity contribution is 5.99. The molecule has 6 heteroatoms. The Balaban J connectivity index is 2.88. The van der Waals surface area contributed by atoms with E-state index in [0.29, 0.717) is 11.1 Å². The zero-order valence-electron chi connectivity index (χ0n) is 9.68. The van der Waals surface area contributed by atoms with Crippen molar-refractivity contribution in [2.24, 2.45) is 0 Å². The van der Waals surface area contributed by atoms with Crippen LogP contribution in [0.2, 0.25) is 0 Å². The number of rotatable bonds is 1. The zero-order chi connectivity index (χ0) is 13.5. The number of aromatic nitrogens is 1. The number of aryl methyl sites for hydroxylation is 1. The van der Waals surface area contributed by atoms with Gasteiger partial charge in [0, 0.05) is 17.1 Å². The highest BCUT2D eigenvalue weighted by atomic mass is 19.4. The second kappa shape index (κ2) is 4.04. The summed E-state index contributed by atoms with van der Waals surface area (Å²) >= 11 is 0. The molecule has 96 valence electrons. The van der Waals surface area contributed by atoms with Gasteiger partial charge in [-0.25, -0.2) is 4.79 Å². The predicted molar refractivity (Wildman–Crippen MR) is 59.4 cm³/mol. The lowest BCUT2D eigenvalue weighted by molar-refractivity contribution is -0.136. The maximum absolute atomic E-state index is 13.1. The normalized spacial score (nSPS) is 11.8. The van der Waals surface area contributed by atoms with Gasteiger partial charge in [-0.15, -0.1) is 0 Å². The number of hydrogen-bond acceptors (Lipinski definition) is 2. The number of fused-ring (bicyclic) bond motifs is 1. The van der Waals surface area contributed by atoms with Crippen molar-refractivity contribution in [3.63, 3.8) is 0 Å². The third-order valence-electron chi connectivity index (χ3n) is 2.73. The number of methoxy groups -OCH3 is 1. The molecule has 0 aliphatic carbocycles. The molecule has 2 aromatic rings. The van der Waals surface area contributed by atoms with Crippen molar-refractivity contribution >= 4 is 16.9 Å². The van der Waals surface area contributed by atoms with Gasteiger partial charge in [-0.2, -0.15) is 13.2 Å². The number of halogens is 3. The Morgan fingerprint density at radius 2 is 2.06 bits per heavy atom. The largest absolute Gasteiger partial charge is 0.465 e. The molecule has 0 aliphatic heterocycles. The molecule has 0 amide bonds. The standard InChI is InChI=1S/C12H10F3NO2/c1-6-5-8(11(17)18-2)9(12(13,14)15)7-3-4-16-10(6)7/h3-5,16H,1-2H3. The number of benzene rings is 1. The van der Waals surface area contributed by atoms with Gasteiger partial charge in [-0.1, -0.05) is 0 Å². The Morgan fingerprint density at radius 3 is 2.61 bits per heavy atom. The van der Waals surface area contributed by atoms with Crippen LogP contribution in [0.3, 0.4) is 0 Å². The molecular weight excluding hydrogens is 247 g/mol. The number of alkyl halides is 3. The predicted octanol–water partition coefficient (Wildman–Crippen LogP) is 3.28. The molecule has 1 aromatic carbocycles. The van der Waals surface area contributed by atoms with Crippen LogP contribution in [0.5, 0.6) is 0 Å². The van der Waals surface area contributed by atoms with Gasteiger partial charge < -0.3 is 9.72 Å². The highest BCUT2D eigenvalue weighted by Crippen LogP contribution is 2.38. The second-order valence-electron chi connectivity index (χ2n) is 3.87. The van der Waals surface area contributed by atoms with E-state index in [2.05, 4.69) is 9.72 Å². The van der Waals surface area contributed by atoms with Crippen LogP contribution in [0.1, 0.15) is 21.5 Å². The van der Waals surface area contributed by atoms with E-state index < -0.39 is 23.3 Å². The van der Waals surface area contributed by atoms with Crippen LogP contribution in [0, 0.1) is 6.92 Å². The Morgan fingerprint density at radius 1 is 1.39 bits per heavy atom. The molecule has 18 heavy (non-hydrogen) atoms. The van der Waals surface area contributed by atoms with Gasteiger partial charge >= 0.3 is 12.1 Å². The number of H-pyrrole nitrogens is 1. The molecule has 0 unspecified atom stereocenters. The SMILES string of the molecule is COC(=O)c1cc(C)c2[nH]ccc2c1C(F)(F)F. The third kappa shape index (κ3) is 1.83. The van der Waals surface area contributed by atoms with E-state index in [0.717, 1.165) is 7.11 Å². The van der Waals surface area contributed by atoms with E-state index in [4.69, 9.17) is 0 Å². The lowest BCUT2D eigenvalue weighted by Crippen LogP contribution is -2.15. The summed E-state index contributed by atoms with van der Waals surface area (Å²) in [6, 6.07) is 2.49. The number of ether oxygens (including phenoxy) is 1. The summed E-state index contributed by atoms with van der Waals surface area (Å²) in [6.07, 6.45) is -3.20. The van der Waals surface area contributed by atoms with E-state index in [1.165, 1.54) is 18.3 Å². The molecule has 0 saturated carbocycles. The number of carbonyl (C=O) groups is 1. The summed E-state index contributed by atoms with van der Waals surface area (Å²) in [5.74, 6) is -0.992. The average molecular weight is 257 g/mol. The lowest BCUT2D eigenvalue weighted by Gasteiger charge is -2.14. The summed E-state index contributed by atoms with van der Waals surface area (Å²) < 4.78 is 43.6. The maximum atomic E-state index is 13.1. The molecule has 0 bridgehead atoms. The zero-order valence-corrected chi connectivity index (χ0v) is 9.68. The van der Waals surface area contributed by atoms with Crippen molar-refractivity contribution in [1.82, 2.24) is 4.98 Å². The number of aromatic amines is 1. The fourth-order valence-electron chi connectivity index (χ4n) is 1.99. The van der Waals surface area contributed by atoms with Gasteiger partial charge in [0.15, 0.2) is 0 Å². The summed E-state index contributed by atoms with van der Waals surface area (Å²) in [4.78, 5) is 14.2. The van der Waals surface area contributed by atoms with Crippen molar-refractivity contribution in [3.05, 3.63) is 35.0 Å². The van der Waals surface area contributed by atoms with Crippen LogP contribution in [0.15, 0.2) is 18.3 Å². The Bertz CT molecular complexity index is 614. The highest BCUT2D eigenvalue weighted by Gasteiger charge is 2.38. The van der Waals surface area contributed by atoms with Gasteiger partial charge in [0.2, 0.25) is 0 Å². The fraction of sp³-hybridized carbons (Fsp3) is 0.250. The first kappa shape index (κ1) is 12.5. The number of hydrogen-bond donors (Lipinski definition) is 1. The third-order valence-corrected chi connectivity index (χ3v) is 2.73. The minimum atomic E-state index is -4.61. The smallest absolute Gasteiger partial charge is 0.417 e. The Hall–Kier alpha value is -1.98. The van der Waals surface area contributed by atoms with Gasteiger partial charge in [-0.3, -0.25) is 0 Å². The first-order valence-corrected chi connectivity index (χ1v) is 5.12. The lowest BCUT2D eigenvalue weighted by atomic mass is 9.99. The van der Waals surface area contributed by atoms with Gasteiger partial charge in [0.25, 0.3) is 0 Å². The Labute approximate surface area is 101 Å². The summed E-state index contributed by atoms with van der Waals surface area (Å²) in [5.41, 5.74) is -0.496. The summed E-state index contributed by atoms with van der Waals surface area (Å²) in [6.45, 7) is 1.63. The molecule has 1 heterocycles. The molecule has 0 atom stereocenters. The van der Waals surface area contributed by atoms with Crippen molar-refractivity contribution in [3.8, 4) is 0 Å². The summed E-state index contributed by atoms with van der Waals surface area (Å²) in [7, 11) is 1.05. The van der Waals surface area contributed by atoms with E-state index in [1.807, 2.05) is 0 Å². The first-order chi connectivity index (χ1) is 8.36. The van der Waals surface area contributed by atoms with Crippen LogP contribution in [0.4, 0.5) is 13.2 Å². The molecule has 1 aromatic heterocycles. The van der Waals surface area contributed by atoms with Crippen molar-refractivity contribution in [2.45, 2.75) is 13.1 Å². The Kier molecular flexibility index (Phi) is 2.80. The average Bonchev–Trinajstić information content (AvgIpc) is 2.75. The maximum Gasteiger partial charge on any atom is 0.417 e. The van der Waals surface area contributed by atoms with Gasteiger partial charge in [-0.05, 0) is 24.6 Å². The molecule has 0 radical (unpaired) electrons. The van der Waals surface area contributed by atoms with Crippen LogP contribution < -0.4 is 0 Å². The molecule has 0 aliphatic rings. The van der Waals surface area contributed by atoms with Crippen molar-refractivity contribution in [1.29, 1.82) is 0 Å². The fourth-order valence-corrected chi connectivity index (χ4v) is 1.99. The van der Waals surface area contributed by atoms with Crippen LogP contribution in [-0.2, 0) is 10.9 Å². The molecular formula is C12H10F3NO2. The van der Waals surface area contributed by atoms with E-state index in [1.54, 1.807) is 6.92 Å². The van der Waals surface area contributed by atoms with Crippen LogP contribution in [0.25, 0.3) is 10.9 Å². The summed E-state index contributed by atoms with van der Waals surface area (Å²) in [5, 5.41) is -0.0251. The van der Waals surface area contributed by atoms with Crippen LogP contribution in [-0.4, -0.2) is 18.1 Å². The quantitative estimate of drug-likeness (QED) is 0.796. The molecule has 0 spiro atoms. The topological polar surface area (TPSA) is 42.1 Å². The van der Waals surface area contributed by atoms with E-state index >= 15 is 0 Å². The molecule has 2 rings (SSSR count). The first-order valence-electron chi connectivity index (χ1n) is 5.12. The second-order valence-corrected chi connectivity index (χ2v) is 3.87.